The molecule has 7 nitrogen and oxygen atoms in total. The van der Waals surface area contributed by atoms with E-state index in [1.165, 1.54) is 23.5 Å². The van der Waals surface area contributed by atoms with Crippen LogP contribution in [0.4, 0.5) is 17.3 Å². The Hall–Kier alpha value is -2.22. The zero-order valence-electron chi connectivity index (χ0n) is 9.61. The predicted molar refractivity (Wildman–Crippen MR) is 69.5 cm³/mol. The molecule has 2 heterocycles. The molecule has 2 rings (SSSR count). The predicted octanol–water partition coefficient (Wildman–Crippen LogP) is 1.66. The Morgan fingerprint density at radius 1 is 1.56 bits per heavy atom. The van der Waals surface area contributed by atoms with E-state index in [0.717, 1.165) is 5.69 Å². The van der Waals surface area contributed by atoms with E-state index in [1.807, 2.05) is 5.38 Å². The first kappa shape index (κ1) is 12.2. The highest BCUT2D eigenvalue weighted by atomic mass is 32.1. The molecule has 0 fully saturated rings. The van der Waals surface area contributed by atoms with E-state index >= 15 is 0 Å². The van der Waals surface area contributed by atoms with E-state index in [0.29, 0.717) is 12.4 Å². The second kappa shape index (κ2) is 4.96. The molecule has 0 bridgehead atoms. The molecule has 8 heteroatoms. The summed E-state index contributed by atoms with van der Waals surface area (Å²) in [6, 6.07) is 2.63. The molecule has 0 aliphatic heterocycles. The van der Waals surface area contributed by atoms with Crippen molar-refractivity contribution in [3.8, 4) is 0 Å². The van der Waals surface area contributed by atoms with Gasteiger partial charge in [-0.2, -0.15) is 0 Å². The number of rotatable bonds is 4. The fraction of sp³-hybridized carbons (Fsp3) is 0.200. The Morgan fingerprint density at radius 3 is 2.94 bits per heavy atom. The van der Waals surface area contributed by atoms with Gasteiger partial charge in [0.2, 0.25) is 0 Å². The lowest BCUT2D eigenvalue weighted by Crippen LogP contribution is -2.18. The topological polar surface area (TPSA) is 98.2 Å². The van der Waals surface area contributed by atoms with Gasteiger partial charge in [-0.25, -0.2) is 9.97 Å². The Balaban J connectivity index is 2.24. The average Bonchev–Trinajstić information content (AvgIpc) is 2.80. The molecule has 0 aliphatic carbocycles. The number of pyridine rings is 1. The minimum atomic E-state index is -0.488. The number of anilines is 2. The third-order valence-corrected chi connectivity index (χ3v) is 2.94. The average molecular weight is 265 g/mol. The SMILES string of the molecule is CN(Cc1cscn1)c1cc([N+](=O)[O-])cc(N)n1. The van der Waals surface area contributed by atoms with Crippen LogP contribution in [-0.2, 0) is 6.54 Å². The Bertz CT molecular complexity index is 557. The molecule has 2 aromatic rings. The van der Waals surface area contributed by atoms with Crippen molar-refractivity contribution in [2.45, 2.75) is 6.54 Å². The molecule has 94 valence electrons. The molecular formula is C10H11N5O2S. The fourth-order valence-corrected chi connectivity index (χ4v) is 2.01. The number of hydrogen-bond donors (Lipinski definition) is 1. The standard InChI is InChI=1S/C10H11N5O2S/c1-14(4-7-5-18-6-12-7)10-3-8(15(16)17)2-9(11)13-10/h2-3,5-6H,4H2,1H3,(H2,11,13). The smallest absolute Gasteiger partial charge is 0.276 e. The van der Waals surface area contributed by atoms with Crippen LogP contribution in [-0.4, -0.2) is 21.9 Å². The third-order valence-electron chi connectivity index (χ3n) is 2.30. The van der Waals surface area contributed by atoms with Crippen molar-refractivity contribution < 1.29 is 4.92 Å². The summed E-state index contributed by atoms with van der Waals surface area (Å²) in [6.45, 7) is 0.525. The van der Waals surface area contributed by atoms with Gasteiger partial charge in [0.05, 0.1) is 34.8 Å². The van der Waals surface area contributed by atoms with Crippen LogP contribution in [0.3, 0.4) is 0 Å². The molecule has 0 radical (unpaired) electrons. The normalized spacial score (nSPS) is 10.3. The van der Waals surface area contributed by atoms with Gasteiger partial charge in [-0.3, -0.25) is 10.1 Å². The molecule has 0 spiro atoms. The summed E-state index contributed by atoms with van der Waals surface area (Å²) in [7, 11) is 1.78. The highest BCUT2D eigenvalue weighted by Crippen LogP contribution is 2.22. The monoisotopic (exact) mass is 265 g/mol. The van der Waals surface area contributed by atoms with E-state index < -0.39 is 4.92 Å². The van der Waals surface area contributed by atoms with Crippen LogP contribution in [0.1, 0.15) is 5.69 Å². The molecule has 0 amide bonds. The van der Waals surface area contributed by atoms with Crippen LogP contribution in [0, 0.1) is 10.1 Å². The van der Waals surface area contributed by atoms with Crippen LogP contribution in [0.15, 0.2) is 23.0 Å². The number of nitro groups is 1. The Kier molecular flexibility index (Phi) is 3.38. The molecule has 0 saturated carbocycles. The van der Waals surface area contributed by atoms with Crippen molar-refractivity contribution in [2.75, 3.05) is 17.7 Å². The summed E-state index contributed by atoms with van der Waals surface area (Å²) in [5.74, 6) is 0.582. The highest BCUT2D eigenvalue weighted by Gasteiger charge is 2.13. The van der Waals surface area contributed by atoms with Gasteiger partial charge in [-0.15, -0.1) is 11.3 Å². The molecule has 2 N–H and O–H groups in total. The van der Waals surface area contributed by atoms with E-state index in [2.05, 4.69) is 9.97 Å². The van der Waals surface area contributed by atoms with Crippen molar-refractivity contribution in [2.24, 2.45) is 0 Å². The van der Waals surface area contributed by atoms with Crippen molar-refractivity contribution >= 4 is 28.7 Å². The summed E-state index contributed by atoms with van der Waals surface area (Å²) in [4.78, 5) is 20.2. The van der Waals surface area contributed by atoms with Crippen molar-refractivity contribution in [1.82, 2.24) is 9.97 Å². The summed E-state index contributed by atoms with van der Waals surface area (Å²) < 4.78 is 0. The zero-order chi connectivity index (χ0) is 13.1. The number of aromatic nitrogens is 2. The molecule has 0 atom stereocenters. The minimum absolute atomic E-state index is 0.0670. The van der Waals surface area contributed by atoms with Gasteiger partial charge < -0.3 is 10.6 Å². The van der Waals surface area contributed by atoms with Crippen LogP contribution in [0.5, 0.6) is 0 Å². The first-order valence-electron chi connectivity index (χ1n) is 5.06. The molecule has 2 aromatic heterocycles. The summed E-state index contributed by atoms with van der Waals surface area (Å²) in [5.41, 5.74) is 8.10. The van der Waals surface area contributed by atoms with Crippen molar-refractivity contribution in [3.63, 3.8) is 0 Å². The third kappa shape index (κ3) is 2.72. The van der Waals surface area contributed by atoms with Crippen LogP contribution < -0.4 is 10.6 Å². The van der Waals surface area contributed by atoms with Gasteiger partial charge in [-0.05, 0) is 0 Å². The molecule has 0 saturated heterocycles. The number of nitrogens with zero attached hydrogens (tertiary/aromatic N) is 4. The number of nitrogens with two attached hydrogens (primary N) is 1. The molecular weight excluding hydrogens is 254 g/mol. The van der Waals surface area contributed by atoms with Gasteiger partial charge in [0.25, 0.3) is 5.69 Å². The Labute approximate surface area is 107 Å². The van der Waals surface area contributed by atoms with Crippen molar-refractivity contribution in [1.29, 1.82) is 0 Å². The second-order valence-electron chi connectivity index (χ2n) is 3.70. The molecule has 0 unspecified atom stereocenters. The van der Waals surface area contributed by atoms with Crippen LogP contribution >= 0.6 is 11.3 Å². The van der Waals surface area contributed by atoms with Gasteiger partial charge in [0.15, 0.2) is 0 Å². The van der Waals surface area contributed by atoms with E-state index in [-0.39, 0.29) is 11.5 Å². The number of nitrogen functional groups attached to an aromatic ring is 1. The van der Waals surface area contributed by atoms with Gasteiger partial charge >= 0.3 is 0 Å². The van der Waals surface area contributed by atoms with Gasteiger partial charge in [0.1, 0.15) is 11.6 Å². The molecule has 0 aromatic carbocycles. The molecule has 18 heavy (non-hydrogen) atoms. The lowest BCUT2D eigenvalue weighted by atomic mass is 10.3. The minimum Gasteiger partial charge on any atom is -0.383 e. The zero-order valence-corrected chi connectivity index (χ0v) is 10.4. The maximum Gasteiger partial charge on any atom is 0.276 e. The first-order valence-corrected chi connectivity index (χ1v) is 6.00. The van der Waals surface area contributed by atoms with E-state index in [1.54, 1.807) is 17.5 Å². The second-order valence-corrected chi connectivity index (χ2v) is 4.42. The maximum absolute atomic E-state index is 10.7. The largest absolute Gasteiger partial charge is 0.383 e. The summed E-state index contributed by atoms with van der Waals surface area (Å²) >= 11 is 1.50. The van der Waals surface area contributed by atoms with Gasteiger partial charge in [-0.1, -0.05) is 0 Å². The highest BCUT2D eigenvalue weighted by molar-refractivity contribution is 7.07. The summed E-state index contributed by atoms with van der Waals surface area (Å²) in [6.07, 6.45) is 0. The lowest BCUT2D eigenvalue weighted by Gasteiger charge is -2.16. The fourth-order valence-electron chi connectivity index (χ4n) is 1.46. The van der Waals surface area contributed by atoms with E-state index in [4.69, 9.17) is 5.73 Å². The molecule has 0 aliphatic rings. The Morgan fingerprint density at radius 2 is 2.33 bits per heavy atom. The van der Waals surface area contributed by atoms with E-state index in [9.17, 15) is 10.1 Å². The van der Waals surface area contributed by atoms with Crippen molar-refractivity contribution in [3.05, 3.63) is 38.8 Å². The van der Waals surface area contributed by atoms with Gasteiger partial charge in [0, 0.05) is 12.4 Å². The first-order chi connectivity index (χ1) is 8.56. The van der Waals surface area contributed by atoms with Crippen LogP contribution in [0.2, 0.25) is 0 Å². The number of thiazole rings is 1. The van der Waals surface area contributed by atoms with Crippen LogP contribution in [0.25, 0.3) is 0 Å². The number of hydrogen-bond acceptors (Lipinski definition) is 7. The maximum atomic E-state index is 10.7. The quantitative estimate of drug-likeness (QED) is 0.667. The lowest BCUT2D eigenvalue weighted by molar-refractivity contribution is -0.384. The summed E-state index contributed by atoms with van der Waals surface area (Å²) in [5, 5.41) is 12.7.